The van der Waals surface area contributed by atoms with Crippen LogP contribution in [0.2, 0.25) is 0 Å². The first-order valence-corrected chi connectivity index (χ1v) is 4.89. The summed E-state index contributed by atoms with van der Waals surface area (Å²) in [6.45, 7) is 4.41. The Balaban J connectivity index is 2.62. The first-order chi connectivity index (χ1) is 6.74. The highest BCUT2D eigenvalue weighted by atomic mass is 16.2. The fourth-order valence-corrected chi connectivity index (χ4v) is 1.21. The van der Waals surface area contributed by atoms with Crippen LogP contribution in [0, 0.1) is 5.92 Å². The average Bonchev–Trinajstić information content (AvgIpc) is 2.64. The van der Waals surface area contributed by atoms with E-state index in [1.807, 2.05) is 0 Å². The second kappa shape index (κ2) is 5.54. The fraction of sp³-hybridized carbons (Fsp3) is 0.600. The van der Waals surface area contributed by atoms with Crippen molar-refractivity contribution in [3.63, 3.8) is 0 Å². The molecule has 0 saturated carbocycles. The van der Waals surface area contributed by atoms with Gasteiger partial charge in [0.25, 0.3) is 0 Å². The molecule has 1 rings (SSSR count). The Morgan fingerprint density at radius 3 is 2.86 bits per heavy atom. The molecule has 1 aromatic rings. The lowest BCUT2D eigenvalue weighted by molar-refractivity contribution is 0.342. The Kier molecular flexibility index (Phi) is 4.32. The Morgan fingerprint density at radius 1 is 1.57 bits per heavy atom. The second-order valence-corrected chi connectivity index (χ2v) is 3.65. The van der Waals surface area contributed by atoms with Gasteiger partial charge in [-0.15, -0.1) is 0 Å². The number of aliphatic hydroxyl groups is 1. The molecule has 0 bridgehead atoms. The second-order valence-electron chi connectivity index (χ2n) is 3.65. The van der Waals surface area contributed by atoms with E-state index in [0.717, 1.165) is 18.5 Å². The van der Waals surface area contributed by atoms with Gasteiger partial charge < -0.3 is 5.11 Å². The third kappa shape index (κ3) is 3.30. The SMILES string of the molecule is CC(C)CCC(=CCO)n1cncn1. The minimum atomic E-state index is 0.0489. The summed E-state index contributed by atoms with van der Waals surface area (Å²) in [7, 11) is 0. The molecule has 14 heavy (non-hydrogen) atoms. The lowest BCUT2D eigenvalue weighted by Crippen LogP contribution is -2.00. The molecule has 0 saturated heterocycles. The molecule has 0 fully saturated rings. The fourth-order valence-electron chi connectivity index (χ4n) is 1.21. The number of allylic oxidation sites excluding steroid dienone is 1. The molecule has 4 heteroatoms. The average molecular weight is 195 g/mol. The zero-order chi connectivity index (χ0) is 10.4. The van der Waals surface area contributed by atoms with Crippen molar-refractivity contribution in [3.05, 3.63) is 18.7 Å². The van der Waals surface area contributed by atoms with Gasteiger partial charge in [0.15, 0.2) is 0 Å². The summed E-state index contributed by atoms with van der Waals surface area (Å²) in [5.74, 6) is 0.653. The van der Waals surface area contributed by atoms with Gasteiger partial charge in [0.2, 0.25) is 0 Å². The predicted molar refractivity (Wildman–Crippen MR) is 55.5 cm³/mol. The predicted octanol–water partition coefficient (Wildman–Crippen LogP) is 1.55. The van der Waals surface area contributed by atoms with Crippen molar-refractivity contribution in [2.75, 3.05) is 6.61 Å². The Labute approximate surface area is 84.3 Å². The van der Waals surface area contributed by atoms with Gasteiger partial charge in [-0.25, -0.2) is 9.67 Å². The summed E-state index contributed by atoms with van der Waals surface area (Å²) in [5.41, 5.74) is 1.01. The molecule has 0 spiro atoms. The molecule has 0 radical (unpaired) electrons. The zero-order valence-corrected chi connectivity index (χ0v) is 8.72. The normalized spacial score (nSPS) is 12.4. The maximum atomic E-state index is 8.86. The van der Waals surface area contributed by atoms with Crippen LogP contribution in [0.1, 0.15) is 26.7 Å². The van der Waals surface area contributed by atoms with E-state index in [4.69, 9.17) is 5.11 Å². The van der Waals surface area contributed by atoms with Crippen molar-refractivity contribution in [2.24, 2.45) is 5.92 Å². The largest absolute Gasteiger partial charge is 0.392 e. The van der Waals surface area contributed by atoms with E-state index < -0.39 is 0 Å². The molecule has 0 aliphatic heterocycles. The highest BCUT2D eigenvalue weighted by Gasteiger charge is 2.02. The molecule has 0 atom stereocenters. The first-order valence-electron chi connectivity index (χ1n) is 4.89. The van der Waals surface area contributed by atoms with Crippen molar-refractivity contribution in [1.82, 2.24) is 14.8 Å². The summed E-state index contributed by atoms with van der Waals surface area (Å²) < 4.78 is 1.71. The van der Waals surface area contributed by atoms with Crippen molar-refractivity contribution in [3.8, 4) is 0 Å². The maximum Gasteiger partial charge on any atom is 0.138 e. The summed E-state index contributed by atoms with van der Waals surface area (Å²) in [5, 5.41) is 12.9. The minimum absolute atomic E-state index is 0.0489. The maximum absolute atomic E-state index is 8.86. The number of hydrogen-bond acceptors (Lipinski definition) is 3. The van der Waals surface area contributed by atoms with Gasteiger partial charge in [0, 0.05) is 5.70 Å². The van der Waals surface area contributed by atoms with Crippen LogP contribution in [0.15, 0.2) is 18.7 Å². The van der Waals surface area contributed by atoms with Crippen LogP contribution in [-0.4, -0.2) is 26.5 Å². The number of aromatic nitrogens is 3. The van der Waals surface area contributed by atoms with Crippen molar-refractivity contribution in [1.29, 1.82) is 0 Å². The summed E-state index contributed by atoms with van der Waals surface area (Å²) >= 11 is 0. The highest BCUT2D eigenvalue weighted by molar-refractivity contribution is 5.42. The van der Waals surface area contributed by atoms with Gasteiger partial charge in [-0.1, -0.05) is 13.8 Å². The molecule has 0 aliphatic rings. The van der Waals surface area contributed by atoms with E-state index in [1.165, 1.54) is 6.33 Å². The molecule has 78 valence electrons. The van der Waals surface area contributed by atoms with E-state index in [1.54, 1.807) is 17.1 Å². The van der Waals surface area contributed by atoms with Crippen LogP contribution >= 0.6 is 0 Å². The minimum Gasteiger partial charge on any atom is -0.392 e. The van der Waals surface area contributed by atoms with Gasteiger partial charge in [-0.3, -0.25) is 0 Å². The molecule has 0 unspecified atom stereocenters. The monoisotopic (exact) mass is 195 g/mol. The van der Waals surface area contributed by atoms with E-state index in [-0.39, 0.29) is 6.61 Å². The van der Waals surface area contributed by atoms with Crippen LogP contribution in [0.4, 0.5) is 0 Å². The molecule has 1 heterocycles. The van der Waals surface area contributed by atoms with E-state index in [2.05, 4.69) is 23.9 Å². The lowest BCUT2D eigenvalue weighted by Gasteiger charge is -2.08. The standard InChI is InChI=1S/C10H17N3O/c1-9(2)3-4-10(5-6-14)13-8-11-7-12-13/h5,7-9,14H,3-4,6H2,1-2H3. The van der Waals surface area contributed by atoms with Gasteiger partial charge in [0.05, 0.1) is 6.61 Å². The Morgan fingerprint density at radius 2 is 2.36 bits per heavy atom. The third-order valence-electron chi connectivity index (χ3n) is 2.02. The van der Waals surface area contributed by atoms with E-state index in [9.17, 15) is 0 Å². The van der Waals surface area contributed by atoms with E-state index >= 15 is 0 Å². The smallest absolute Gasteiger partial charge is 0.138 e. The quantitative estimate of drug-likeness (QED) is 0.775. The molecule has 4 nitrogen and oxygen atoms in total. The highest BCUT2D eigenvalue weighted by Crippen LogP contribution is 2.14. The molecular weight excluding hydrogens is 178 g/mol. The molecule has 0 aliphatic carbocycles. The van der Waals surface area contributed by atoms with Gasteiger partial charge in [-0.2, -0.15) is 5.10 Å². The molecule has 1 aromatic heterocycles. The van der Waals surface area contributed by atoms with Gasteiger partial charge in [-0.05, 0) is 24.8 Å². The van der Waals surface area contributed by atoms with Gasteiger partial charge in [0.1, 0.15) is 12.7 Å². The summed E-state index contributed by atoms with van der Waals surface area (Å²) in [4.78, 5) is 3.88. The zero-order valence-electron chi connectivity index (χ0n) is 8.72. The lowest BCUT2D eigenvalue weighted by atomic mass is 10.1. The van der Waals surface area contributed by atoms with E-state index in [0.29, 0.717) is 5.92 Å². The molecular formula is C10H17N3O. The topological polar surface area (TPSA) is 50.9 Å². The van der Waals surface area contributed by atoms with Crippen LogP contribution < -0.4 is 0 Å². The van der Waals surface area contributed by atoms with Gasteiger partial charge >= 0.3 is 0 Å². The van der Waals surface area contributed by atoms with Crippen molar-refractivity contribution in [2.45, 2.75) is 26.7 Å². The summed E-state index contributed by atoms with van der Waals surface area (Å²) in [6, 6.07) is 0. The van der Waals surface area contributed by atoms with Crippen LogP contribution in [-0.2, 0) is 0 Å². The third-order valence-corrected chi connectivity index (χ3v) is 2.02. The molecule has 1 N–H and O–H groups in total. The molecule has 0 amide bonds. The first kappa shape index (κ1) is 10.9. The number of rotatable bonds is 5. The number of aliphatic hydroxyl groups excluding tert-OH is 1. The van der Waals surface area contributed by atoms with Crippen LogP contribution in [0.3, 0.4) is 0 Å². The number of nitrogens with zero attached hydrogens (tertiary/aromatic N) is 3. The molecule has 0 aromatic carbocycles. The van der Waals surface area contributed by atoms with Crippen molar-refractivity contribution < 1.29 is 5.11 Å². The van der Waals surface area contributed by atoms with Crippen LogP contribution in [0.5, 0.6) is 0 Å². The van der Waals surface area contributed by atoms with Crippen LogP contribution in [0.25, 0.3) is 5.70 Å². The number of hydrogen-bond donors (Lipinski definition) is 1. The Bertz CT molecular complexity index is 278. The Hall–Kier alpha value is -1.16. The van der Waals surface area contributed by atoms with Crippen molar-refractivity contribution >= 4 is 5.70 Å². The summed E-state index contributed by atoms with van der Waals surface area (Å²) in [6.07, 6.45) is 6.94.